The third kappa shape index (κ3) is 3.48. The molecule has 0 aromatic heterocycles. The van der Waals surface area contributed by atoms with Gasteiger partial charge in [-0.3, -0.25) is 9.69 Å². The smallest absolute Gasteiger partial charge is 0.305 e. The van der Waals surface area contributed by atoms with Gasteiger partial charge in [-0.15, -0.1) is 0 Å². The second-order valence-electron chi connectivity index (χ2n) is 5.11. The van der Waals surface area contributed by atoms with Crippen LogP contribution in [-0.2, 0) is 4.79 Å². The lowest BCUT2D eigenvalue weighted by Crippen LogP contribution is -2.52. The van der Waals surface area contributed by atoms with E-state index >= 15 is 0 Å². The van der Waals surface area contributed by atoms with E-state index in [9.17, 15) is 4.79 Å². The topological polar surface area (TPSA) is 43.8 Å². The number of carbonyl (C=O) groups is 1. The molecule has 104 valence electrons. The summed E-state index contributed by atoms with van der Waals surface area (Å²) in [6.45, 7) is 4.67. The van der Waals surface area contributed by atoms with Gasteiger partial charge in [0.1, 0.15) is 0 Å². The zero-order chi connectivity index (χ0) is 14.0. The molecule has 1 atom stereocenters. The van der Waals surface area contributed by atoms with Crippen molar-refractivity contribution in [1.82, 2.24) is 4.90 Å². The minimum absolute atomic E-state index is 0.0789. The molecule has 1 N–H and O–H groups in total. The van der Waals surface area contributed by atoms with Crippen molar-refractivity contribution in [2.24, 2.45) is 0 Å². The third-order valence-electron chi connectivity index (χ3n) is 3.69. The number of anilines is 1. The summed E-state index contributed by atoms with van der Waals surface area (Å²) < 4.78 is 1.10. The highest BCUT2D eigenvalue weighted by Gasteiger charge is 2.26. The van der Waals surface area contributed by atoms with Gasteiger partial charge >= 0.3 is 5.97 Å². The molecule has 1 aromatic carbocycles. The van der Waals surface area contributed by atoms with Gasteiger partial charge in [-0.2, -0.15) is 0 Å². The SMILES string of the molecule is Cc1cc(N2CCN(C)C(CC(=O)O)C2)ccc1Br. The fourth-order valence-corrected chi connectivity index (χ4v) is 2.67. The van der Waals surface area contributed by atoms with E-state index in [0.717, 1.165) is 24.1 Å². The van der Waals surface area contributed by atoms with Crippen LogP contribution in [0.2, 0.25) is 0 Å². The van der Waals surface area contributed by atoms with Crippen LogP contribution in [0.5, 0.6) is 0 Å². The number of benzene rings is 1. The Bertz CT molecular complexity index is 479. The Labute approximate surface area is 122 Å². The lowest BCUT2D eigenvalue weighted by atomic mass is 10.1. The summed E-state index contributed by atoms with van der Waals surface area (Å²) >= 11 is 3.50. The molecule has 1 heterocycles. The molecule has 4 nitrogen and oxygen atoms in total. The number of likely N-dealkylation sites (N-methyl/N-ethyl adjacent to an activating group) is 1. The van der Waals surface area contributed by atoms with Crippen molar-refractivity contribution in [2.45, 2.75) is 19.4 Å². The van der Waals surface area contributed by atoms with Gasteiger partial charge in [-0.1, -0.05) is 15.9 Å². The quantitative estimate of drug-likeness (QED) is 0.926. The van der Waals surface area contributed by atoms with E-state index in [1.807, 2.05) is 7.05 Å². The van der Waals surface area contributed by atoms with Crippen molar-refractivity contribution in [3.63, 3.8) is 0 Å². The minimum Gasteiger partial charge on any atom is -0.481 e. The number of carboxylic acids is 1. The molecule has 1 unspecified atom stereocenters. The molecular weight excluding hydrogens is 308 g/mol. The molecule has 0 bridgehead atoms. The molecule has 0 aliphatic carbocycles. The molecule has 19 heavy (non-hydrogen) atoms. The molecule has 5 heteroatoms. The normalized spacial score (nSPS) is 20.6. The van der Waals surface area contributed by atoms with Crippen LogP contribution in [0.25, 0.3) is 0 Å². The zero-order valence-corrected chi connectivity index (χ0v) is 12.9. The maximum absolute atomic E-state index is 10.9. The molecule has 0 saturated carbocycles. The van der Waals surface area contributed by atoms with Gasteiger partial charge in [0, 0.05) is 35.8 Å². The van der Waals surface area contributed by atoms with E-state index in [4.69, 9.17) is 5.11 Å². The van der Waals surface area contributed by atoms with Gasteiger partial charge in [-0.25, -0.2) is 0 Å². The van der Waals surface area contributed by atoms with Crippen molar-refractivity contribution in [3.8, 4) is 0 Å². The number of rotatable bonds is 3. The maximum Gasteiger partial charge on any atom is 0.305 e. The Kier molecular flexibility index (Phi) is 4.47. The Balaban J connectivity index is 2.12. The van der Waals surface area contributed by atoms with Gasteiger partial charge in [-0.05, 0) is 37.7 Å². The first-order valence-corrected chi connectivity index (χ1v) is 7.20. The predicted octanol–water partition coefficient (Wildman–Crippen LogP) is 2.35. The fourth-order valence-electron chi connectivity index (χ4n) is 2.43. The van der Waals surface area contributed by atoms with Gasteiger partial charge in [0.25, 0.3) is 0 Å². The number of aliphatic carboxylic acids is 1. The summed E-state index contributed by atoms with van der Waals surface area (Å²) in [6, 6.07) is 6.36. The molecule has 1 aromatic rings. The molecule has 2 rings (SSSR count). The van der Waals surface area contributed by atoms with E-state index in [0.29, 0.717) is 0 Å². The average Bonchev–Trinajstić information content (AvgIpc) is 2.35. The number of hydrogen-bond acceptors (Lipinski definition) is 3. The molecular formula is C14H19BrN2O2. The van der Waals surface area contributed by atoms with Crippen LogP contribution in [0.3, 0.4) is 0 Å². The Hall–Kier alpha value is -1.07. The number of halogens is 1. The van der Waals surface area contributed by atoms with Crippen molar-refractivity contribution in [3.05, 3.63) is 28.2 Å². The first-order chi connectivity index (χ1) is 8.97. The van der Waals surface area contributed by atoms with Crippen molar-refractivity contribution >= 4 is 27.6 Å². The van der Waals surface area contributed by atoms with E-state index in [1.54, 1.807) is 0 Å². The van der Waals surface area contributed by atoms with Gasteiger partial charge in [0.15, 0.2) is 0 Å². The minimum atomic E-state index is -0.731. The van der Waals surface area contributed by atoms with Gasteiger partial charge < -0.3 is 10.0 Å². The van der Waals surface area contributed by atoms with E-state index in [1.165, 1.54) is 11.3 Å². The van der Waals surface area contributed by atoms with Crippen molar-refractivity contribution in [2.75, 3.05) is 31.6 Å². The van der Waals surface area contributed by atoms with Crippen LogP contribution in [0.1, 0.15) is 12.0 Å². The number of piperazine rings is 1. The molecule has 1 aliphatic heterocycles. The number of carboxylic acid groups (broad SMARTS) is 1. The van der Waals surface area contributed by atoms with Crippen LogP contribution < -0.4 is 4.90 Å². The summed E-state index contributed by atoms with van der Waals surface area (Å²) in [5.74, 6) is -0.731. The standard InChI is InChI=1S/C14H19BrN2O2/c1-10-7-11(3-4-13(10)15)17-6-5-16(2)12(9-17)8-14(18)19/h3-4,7,12H,5-6,8-9H2,1-2H3,(H,18,19). The first-order valence-electron chi connectivity index (χ1n) is 6.40. The zero-order valence-electron chi connectivity index (χ0n) is 11.3. The second kappa shape index (κ2) is 5.92. The summed E-state index contributed by atoms with van der Waals surface area (Å²) in [5.41, 5.74) is 2.37. The van der Waals surface area contributed by atoms with Gasteiger partial charge in [0.2, 0.25) is 0 Å². The third-order valence-corrected chi connectivity index (χ3v) is 4.58. The second-order valence-corrected chi connectivity index (χ2v) is 5.97. The van der Waals surface area contributed by atoms with Crippen molar-refractivity contribution in [1.29, 1.82) is 0 Å². The molecule has 1 fully saturated rings. The lowest BCUT2D eigenvalue weighted by molar-refractivity contribution is -0.138. The van der Waals surface area contributed by atoms with Crippen LogP contribution >= 0.6 is 15.9 Å². The summed E-state index contributed by atoms with van der Waals surface area (Å²) in [6.07, 6.45) is 0.197. The van der Waals surface area contributed by atoms with E-state index in [-0.39, 0.29) is 12.5 Å². The highest BCUT2D eigenvalue weighted by molar-refractivity contribution is 9.10. The number of aryl methyl sites for hydroxylation is 1. The first kappa shape index (κ1) is 14.3. The average molecular weight is 327 g/mol. The largest absolute Gasteiger partial charge is 0.481 e. The van der Waals surface area contributed by atoms with Crippen LogP contribution in [0, 0.1) is 6.92 Å². The van der Waals surface area contributed by atoms with E-state index in [2.05, 4.69) is 50.9 Å². The van der Waals surface area contributed by atoms with Gasteiger partial charge in [0.05, 0.1) is 6.42 Å². The highest BCUT2D eigenvalue weighted by atomic mass is 79.9. The molecule has 1 saturated heterocycles. The maximum atomic E-state index is 10.9. The van der Waals surface area contributed by atoms with E-state index < -0.39 is 5.97 Å². The molecule has 1 aliphatic rings. The Morgan fingerprint density at radius 3 is 2.84 bits per heavy atom. The van der Waals surface area contributed by atoms with Crippen LogP contribution in [0.15, 0.2) is 22.7 Å². The molecule has 0 radical (unpaired) electrons. The monoisotopic (exact) mass is 326 g/mol. The summed E-state index contributed by atoms with van der Waals surface area (Å²) in [5, 5.41) is 8.97. The lowest BCUT2D eigenvalue weighted by Gasteiger charge is -2.40. The molecule has 0 spiro atoms. The predicted molar refractivity (Wildman–Crippen MR) is 79.8 cm³/mol. The summed E-state index contributed by atoms with van der Waals surface area (Å²) in [7, 11) is 2.00. The van der Waals surface area contributed by atoms with Crippen LogP contribution in [-0.4, -0.2) is 48.7 Å². The summed E-state index contributed by atoms with van der Waals surface area (Å²) in [4.78, 5) is 15.3. The van der Waals surface area contributed by atoms with Crippen molar-refractivity contribution < 1.29 is 9.90 Å². The number of nitrogens with zero attached hydrogens (tertiary/aromatic N) is 2. The Morgan fingerprint density at radius 1 is 1.47 bits per heavy atom. The fraction of sp³-hybridized carbons (Fsp3) is 0.500. The Morgan fingerprint density at radius 2 is 2.21 bits per heavy atom. The molecule has 0 amide bonds. The highest BCUT2D eigenvalue weighted by Crippen LogP contribution is 2.25. The number of hydrogen-bond donors (Lipinski definition) is 1. The van der Waals surface area contributed by atoms with Crippen LogP contribution in [0.4, 0.5) is 5.69 Å².